The van der Waals surface area contributed by atoms with Crippen molar-refractivity contribution in [3.8, 4) is 11.8 Å². The first-order valence-electron chi connectivity index (χ1n) is 9.73. The van der Waals surface area contributed by atoms with Gasteiger partial charge in [0, 0.05) is 25.2 Å². The number of aromatic nitrogens is 7. The maximum Gasteiger partial charge on any atom is 0.416 e. The molecule has 32 heavy (non-hydrogen) atoms. The van der Waals surface area contributed by atoms with E-state index in [1.807, 2.05) is 19.9 Å². The van der Waals surface area contributed by atoms with Gasteiger partial charge in [0.25, 0.3) is 5.95 Å². The van der Waals surface area contributed by atoms with Crippen LogP contribution in [0.2, 0.25) is 0 Å². The Labute approximate surface area is 181 Å². The number of nitrogens with zero attached hydrogens (tertiary/aromatic N) is 7. The number of benzene rings is 1. The van der Waals surface area contributed by atoms with Crippen LogP contribution < -0.4 is 4.74 Å². The smallest absolute Gasteiger partial charge is 0.416 e. The Morgan fingerprint density at radius 2 is 1.81 bits per heavy atom. The molecule has 0 N–H and O–H groups in total. The maximum absolute atomic E-state index is 13.1. The summed E-state index contributed by atoms with van der Waals surface area (Å²) in [5.74, 6) is 0.532. The van der Waals surface area contributed by atoms with Gasteiger partial charge in [-0.1, -0.05) is 18.2 Å². The SMILES string of the molecule is Cc1cc(C)n(-c2nc(Cc3cccc(C(F)(F)F)c3)cc(OCc3cnn(C)n3)n2)n1. The molecule has 0 saturated heterocycles. The topological polar surface area (TPSA) is 83.5 Å². The Kier molecular flexibility index (Phi) is 5.64. The van der Waals surface area contributed by atoms with Crippen LogP contribution in [0.15, 0.2) is 42.6 Å². The number of ether oxygens (including phenoxy) is 1. The third-order valence-electron chi connectivity index (χ3n) is 4.60. The standard InChI is InChI=1S/C21H20F3N7O/c1-13-7-14(2)31(28-13)20-26-17(9-15-5-4-6-16(8-15)21(22,23)24)10-19(27-20)32-12-18-11-25-30(3)29-18/h4-8,10-11H,9,12H2,1-3H3. The van der Waals surface area contributed by atoms with Crippen molar-refractivity contribution >= 4 is 0 Å². The first-order valence-corrected chi connectivity index (χ1v) is 9.73. The van der Waals surface area contributed by atoms with E-state index in [0.717, 1.165) is 23.5 Å². The molecule has 3 heterocycles. The molecule has 0 saturated carbocycles. The van der Waals surface area contributed by atoms with Gasteiger partial charge < -0.3 is 4.74 Å². The molecule has 166 valence electrons. The van der Waals surface area contributed by atoms with Crippen molar-refractivity contribution in [3.63, 3.8) is 0 Å². The predicted octanol–water partition coefficient (Wildman–Crippen LogP) is 3.60. The van der Waals surface area contributed by atoms with Gasteiger partial charge in [-0.15, -0.1) is 0 Å². The minimum absolute atomic E-state index is 0.129. The summed E-state index contributed by atoms with van der Waals surface area (Å²) in [6.07, 6.45) is -2.67. The summed E-state index contributed by atoms with van der Waals surface area (Å²) in [6.45, 7) is 3.84. The number of alkyl halides is 3. The van der Waals surface area contributed by atoms with E-state index in [4.69, 9.17) is 4.74 Å². The molecule has 8 nitrogen and oxygen atoms in total. The lowest BCUT2D eigenvalue weighted by molar-refractivity contribution is -0.137. The summed E-state index contributed by atoms with van der Waals surface area (Å²) in [5.41, 5.74) is 2.48. The Bertz CT molecular complexity index is 1250. The van der Waals surface area contributed by atoms with Crippen molar-refractivity contribution in [2.24, 2.45) is 7.05 Å². The van der Waals surface area contributed by atoms with Gasteiger partial charge in [-0.05, 0) is 31.5 Å². The first-order chi connectivity index (χ1) is 15.2. The van der Waals surface area contributed by atoms with E-state index in [2.05, 4.69) is 25.3 Å². The van der Waals surface area contributed by atoms with E-state index >= 15 is 0 Å². The molecule has 0 fully saturated rings. The van der Waals surface area contributed by atoms with Crippen LogP contribution in [0.3, 0.4) is 0 Å². The fourth-order valence-corrected chi connectivity index (χ4v) is 3.22. The molecule has 0 atom stereocenters. The number of rotatable bonds is 6. The lowest BCUT2D eigenvalue weighted by atomic mass is 10.1. The minimum Gasteiger partial charge on any atom is -0.471 e. The van der Waals surface area contributed by atoms with Gasteiger partial charge in [0.1, 0.15) is 12.3 Å². The van der Waals surface area contributed by atoms with Crippen LogP contribution in [-0.2, 0) is 26.3 Å². The molecule has 0 unspecified atom stereocenters. The molecule has 0 aliphatic rings. The van der Waals surface area contributed by atoms with Crippen LogP contribution in [0.1, 0.15) is 33.9 Å². The third kappa shape index (κ3) is 4.93. The summed E-state index contributed by atoms with van der Waals surface area (Å²) < 4.78 is 46.6. The fraction of sp³-hybridized carbons (Fsp3) is 0.286. The minimum atomic E-state index is -4.42. The predicted molar refractivity (Wildman–Crippen MR) is 108 cm³/mol. The van der Waals surface area contributed by atoms with Gasteiger partial charge in [0.05, 0.1) is 23.1 Å². The highest BCUT2D eigenvalue weighted by atomic mass is 19.4. The van der Waals surface area contributed by atoms with Crippen LogP contribution in [0.5, 0.6) is 5.88 Å². The van der Waals surface area contributed by atoms with Crippen LogP contribution >= 0.6 is 0 Å². The first kappa shape index (κ1) is 21.5. The third-order valence-corrected chi connectivity index (χ3v) is 4.60. The molecule has 0 radical (unpaired) electrons. The van der Waals surface area contributed by atoms with Gasteiger partial charge >= 0.3 is 6.18 Å². The number of hydrogen-bond donors (Lipinski definition) is 0. The normalized spacial score (nSPS) is 11.7. The Hall–Kier alpha value is -3.76. The zero-order valence-corrected chi connectivity index (χ0v) is 17.6. The zero-order chi connectivity index (χ0) is 22.9. The molecular formula is C21H20F3N7O. The molecule has 0 amide bonds. The average molecular weight is 443 g/mol. The number of hydrogen-bond acceptors (Lipinski definition) is 6. The molecule has 0 bridgehead atoms. The van der Waals surface area contributed by atoms with E-state index in [1.54, 1.807) is 30.1 Å². The van der Waals surface area contributed by atoms with E-state index in [-0.39, 0.29) is 24.9 Å². The van der Waals surface area contributed by atoms with Gasteiger partial charge in [0.15, 0.2) is 0 Å². The molecule has 3 aromatic heterocycles. The van der Waals surface area contributed by atoms with Gasteiger partial charge in [-0.25, -0.2) is 9.67 Å². The monoisotopic (exact) mass is 443 g/mol. The van der Waals surface area contributed by atoms with E-state index in [0.29, 0.717) is 17.0 Å². The summed E-state index contributed by atoms with van der Waals surface area (Å²) in [7, 11) is 1.70. The average Bonchev–Trinajstić information content (AvgIpc) is 3.30. The molecule has 0 aliphatic heterocycles. The lowest BCUT2D eigenvalue weighted by Crippen LogP contribution is -2.10. The second kappa shape index (κ2) is 8.40. The van der Waals surface area contributed by atoms with Gasteiger partial charge in [-0.3, -0.25) is 0 Å². The second-order valence-corrected chi connectivity index (χ2v) is 7.33. The van der Waals surface area contributed by atoms with Gasteiger partial charge in [0.2, 0.25) is 5.88 Å². The molecule has 0 aliphatic carbocycles. The Balaban J connectivity index is 1.67. The van der Waals surface area contributed by atoms with Crippen molar-refractivity contribution in [2.45, 2.75) is 33.1 Å². The summed E-state index contributed by atoms with van der Waals surface area (Å²) in [4.78, 5) is 10.4. The summed E-state index contributed by atoms with van der Waals surface area (Å²) >= 11 is 0. The van der Waals surface area contributed by atoms with Crippen LogP contribution in [0.4, 0.5) is 13.2 Å². The molecular weight excluding hydrogens is 423 g/mol. The van der Waals surface area contributed by atoms with Crippen molar-refractivity contribution < 1.29 is 17.9 Å². The van der Waals surface area contributed by atoms with Crippen LogP contribution in [-0.4, -0.2) is 34.7 Å². The molecule has 0 spiro atoms. The van der Waals surface area contributed by atoms with Crippen LogP contribution in [0, 0.1) is 13.8 Å². The molecule has 4 rings (SSSR count). The van der Waals surface area contributed by atoms with Crippen molar-refractivity contribution in [1.82, 2.24) is 34.7 Å². The summed E-state index contributed by atoms with van der Waals surface area (Å²) in [6, 6.07) is 8.65. The van der Waals surface area contributed by atoms with E-state index in [9.17, 15) is 13.2 Å². The maximum atomic E-state index is 13.1. The number of aryl methyl sites for hydroxylation is 3. The van der Waals surface area contributed by atoms with Crippen molar-refractivity contribution in [1.29, 1.82) is 0 Å². The quantitative estimate of drug-likeness (QED) is 0.453. The van der Waals surface area contributed by atoms with Crippen molar-refractivity contribution in [3.05, 3.63) is 76.5 Å². The van der Waals surface area contributed by atoms with E-state index in [1.165, 1.54) is 10.9 Å². The molecule has 1 aromatic carbocycles. The summed E-state index contributed by atoms with van der Waals surface area (Å²) in [5, 5.41) is 12.6. The molecule has 4 aromatic rings. The van der Waals surface area contributed by atoms with E-state index < -0.39 is 11.7 Å². The lowest BCUT2D eigenvalue weighted by Gasteiger charge is -2.11. The highest BCUT2D eigenvalue weighted by Gasteiger charge is 2.30. The highest BCUT2D eigenvalue weighted by Crippen LogP contribution is 2.30. The Morgan fingerprint density at radius 3 is 2.47 bits per heavy atom. The van der Waals surface area contributed by atoms with Gasteiger partial charge in [-0.2, -0.15) is 38.2 Å². The fourth-order valence-electron chi connectivity index (χ4n) is 3.22. The largest absolute Gasteiger partial charge is 0.471 e. The zero-order valence-electron chi connectivity index (χ0n) is 17.6. The van der Waals surface area contributed by atoms with Crippen LogP contribution in [0.25, 0.3) is 5.95 Å². The Morgan fingerprint density at radius 1 is 1.00 bits per heavy atom. The second-order valence-electron chi connectivity index (χ2n) is 7.33. The number of halogens is 3. The van der Waals surface area contributed by atoms with Crippen molar-refractivity contribution in [2.75, 3.05) is 0 Å². The highest BCUT2D eigenvalue weighted by molar-refractivity contribution is 5.32. The molecule has 11 heteroatoms.